The van der Waals surface area contributed by atoms with Crippen LogP contribution in [0.5, 0.6) is 0 Å². The third-order valence-electron chi connectivity index (χ3n) is 5.55. The Bertz CT molecular complexity index is 598. The summed E-state index contributed by atoms with van der Waals surface area (Å²) in [4.78, 5) is 34.3. The molecule has 2 amide bonds. The van der Waals surface area contributed by atoms with Gasteiger partial charge in [0.25, 0.3) is 0 Å². The van der Waals surface area contributed by atoms with Crippen molar-refractivity contribution in [1.82, 2.24) is 5.32 Å². The molecule has 1 aliphatic carbocycles. The maximum atomic E-state index is 12.4. The van der Waals surface area contributed by atoms with Crippen molar-refractivity contribution in [1.29, 1.82) is 0 Å². The van der Waals surface area contributed by atoms with Crippen LogP contribution in [0.2, 0.25) is 0 Å². The Balaban J connectivity index is 2.33. The fraction of sp³-hybridized carbons (Fsp3) is 0.708. The third kappa shape index (κ3) is 10.7. The van der Waals surface area contributed by atoms with Gasteiger partial charge in [-0.25, -0.2) is 4.79 Å². The minimum absolute atomic E-state index is 0.00560. The maximum absolute atomic E-state index is 12.4. The Labute approximate surface area is 181 Å². The Hall–Kier alpha value is -1.95. The van der Waals surface area contributed by atoms with Gasteiger partial charge >= 0.3 is 6.09 Å². The van der Waals surface area contributed by atoms with Crippen LogP contribution in [-0.2, 0) is 14.3 Å². The molecule has 1 aliphatic rings. The van der Waals surface area contributed by atoms with Crippen molar-refractivity contribution in [2.75, 3.05) is 6.61 Å². The van der Waals surface area contributed by atoms with E-state index in [0.717, 1.165) is 51.4 Å². The van der Waals surface area contributed by atoms with Crippen LogP contribution in [0.3, 0.4) is 0 Å². The molecule has 1 saturated carbocycles. The number of Topliss-reactive ketones (excluding diaryl/α,β-unsaturated/α-hetero) is 1. The predicted molar refractivity (Wildman–Crippen MR) is 118 cm³/mol. The Morgan fingerprint density at radius 3 is 2.70 bits per heavy atom. The summed E-state index contributed by atoms with van der Waals surface area (Å²) in [7, 11) is 0. The molecule has 1 fully saturated rings. The van der Waals surface area contributed by atoms with Gasteiger partial charge in [-0.3, -0.25) is 14.9 Å². The second kappa shape index (κ2) is 14.9. The number of carbonyl (C=O) groups excluding carboxylic acids is 3. The van der Waals surface area contributed by atoms with E-state index in [0.29, 0.717) is 18.1 Å². The van der Waals surface area contributed by atoms with Crippen molar-refractivity contribution in [3.8, 4) is 0 Å². The van der Waals surface area contributed by atoms with Gasteiger partial charge < -0.3 is 9.84 Å². The molecule has 1 rings (SSSR count). The van der Waals surface area contributed by atoms with Crippen molar-refractivity contribution in [2.24, 2.45) is 17.8 Å². The smallest absolute Gasteiger partial charge is 0.413 e. The van der Waals surface area contributed by atoms with E-state index < -0.39 is 18.1 Å². The van der Waals surface area contributed by atoms with Crippen LogP contribution in [0, 0.1) is 17.8 Å². The lowest BCUT2D eigenvalue weighted by Gasteiger charge is -2.17. The van der Waals surface area contributed by atoms with Crippen LogP contribution in [-0.4, -0.2) is 35.6 Å². The van der Waals surface area contributed by atoms with Gasteiger partial charge in [0.15, 0.2) is 0 Å². The lowest BCUT2D eigenvalue weighted by molar-refractivity contribution is -0.121. The van der Waals surface area contributed by atoms with Crippen molar-refractivity contribution >= 4 is 17.8 Å². The van der Waals surface area contributed by atoms with E-state index in [1.807, 2.05) is 6.08 Å². The van der Waals surface area contributed by atoms with Gasteiger partial charge in [-0.2, -0.15) is 0 Å². The quantitative estimate of drug-likeness (QED) is 0.332. The standard InChI is InChI=1S/C24H39NO5/c1-4-5-9-12-20(27)14-15-21-18(2)17-23(28)22(21)13-10-7-6-8-11-16-30-24(29)25-19(3)26/h7,10,14-15,18,20-22,27H,4-6,8-9,11-13,16-17H2,1-3H3,(H,25,26,29)/b10-7-,15-14+/t18-,20+,21+,22-/m1/s1. The Kier molecular flexibility index (Phi) is 13.0. The molecule has 2 N–H and O–H groups in total. The first-order chi connectivity index (χ1) is 14.3. The van der Waals surface area contributed by atoms with E-state index >= 15 is 0 Å². The highest BCUT2D eigenvalue weighted by atomic mass is 16.5. The fourth-order valence-corrected chi connectivity index (χ4v) is 3.85. The number of carbonyl (C=O) groups is 3. The van der Waals surface area contributed by atoms with Gasteiger partial charge in [0.1, 0.15) is 5.78 Å². The van der Waals surface area contributed by atoms with Gasteiger partial charge in [0.2, 0.25) is 5.91 Å². The first-order valence-corrected chi connectivity index (χ1v) is 11.3. The average Bonchev–Trinajstić information content (AvgIpc) is 2.94. The summed E-state index contributed by atoms with van der Waals surface area (Å²) < 4.78 is 4.89. The van der Waals surface area contributed by atoms with Gasteiger partial charge in [-0.05, 0) is 43.9 Å². The summed E-state index contributed by atoms with van der Waals surface area (Å²) in [5, 5.41) is 12.2. The maximum Gasteiger partial charge on any atom is 0.413 e. The number of amides is 2. The van der Waals surface area contributed by atoms with Crippen molar-refractivity contribution in [2.45, 2.75) is 84.7 Å². The summed E-state index contributed by atoms with van der Waals surface area (Å²) in [5.41, 5.74) is 0. The molecule has 0 aliphatic heterocycles. The van der Waals surface area contributed by atoms with Crippen molar-refractivity contribution in [3.63, 3.8) is 0 Å². The first-order valence-electron chi connectivity index (χ1n) is 11.3. The number of hydrogen-bond acceptors (Lipinski definition) is 5. The summed E-state index contributed by atoms with van der Waals surface area (Å²) >= 11 is 0. The van der Waals surface area contributed by atoms with Crippen molar-refractivity contribution in [3.05, 3.63) is 24.3 Å². The number of unbranched alkanes of at least 4 members (excludes halogenated alkanes) is 4. The van der Waals surface area contributed by atoms with Gasteiger partial charge in [0.05, 0.1) is 12.7 Å². The van der Waals surface area contributed by atoms with Gasteiger partial charge in [0, 0.05) is 19.3 Å². The third-order valence-corrected chi connectivity index (χ3v) is 5.55. The van der Waals surface area contributed by atoms with Crippen molar-refractivity contribution < 1.29 is 24.2 Å². The summed E-state index contributed by atoms with van der Waals surface area (Å²) in [6.07, 6.45) is 14.8. The summed E-state index contributed by atoms with van der Waals surface area (Å²) in [5.74, 6) is 0.378. The number of ether oxygens (including phenoxy) is 1. The van der Waals surface area contributed by atoms with E-state index in [1.54, 1.807) is 0 Å². The lowest BCUT2D eigenvalue weighted by atomic mass is 9.87. The molecule has 0 aromatic carbocycles. The lowest BCUT2D eigenvalue weighted by Crippen LogP contribution is -2.28. The molecular weight excluding hydrogens is 382 g/mol. The molecule has 0 bridgehead atoms. The molecule has 170 valence electrons. The normalized spacial score (nSPS) is 22.7. The van der Waals surface area contributed by atoms with E-state index in [9.17, 15) is 19.5 Å². The SMILES string of the molecule is CCCCC[C@H](O)/C=C/[C@H]1[C@H](C)CC(=O)[C@@H]1C/C=C\CCCCOC(=O)NC(C)=O. The molecule has 0 saturated heterocycles. The summed E-state index contributed by atoms with van der Waals surface area (Å²) in [6.45, 7) is 5.80. The topological polar surface area (TPSA) is 92.7 Å². The van der Waals surface area contributed by atoms with Crippen LogP contribution < -0.4 is 5.32 Å². The minimum atomic E-state index is -0.707. The molecule has 4 atom stereocenters. The van der Waals surface area contributed by atoms with E-state index in [1.165, 1.54) is 6.92 Å². The largest absolute Gasteiger partial charge is 0.449 e. The number of allylic oxidation sites excluding steroid dienone is 3. The van der Waals surface area contributed by atoms with Crippen LogP contribution >= 0.6 is 0 Å². The number of alkyl carbamates (subject to hydrolysis) is 1. The second-order valence-corrected chi connectivity index (χ2v) is 8.30. The predicted octanol–water partition coefficient (Wildman–Crippen LogP) is 4.71. The number of nitrogens with one attached hydrogen (secondary N) is 1. The first kappa shape index (κ1) is 26.1. The Morgan fingerprint density at radius 1 is 1.23 bits per heavy atom. The highest BCUT2D eigenvalue weighted by molar-refractivity contribution is 5.90. The average molecular weight is 422 g/mol. The number of aliphatic hydroxyl groups excluding tert-OH is 1. The zero-order valence-electron chi connectivity index (χ0n) is 18.8. The van der Waals surface area contributed by atoms with Gasteiger partial charge in [-0.1, -0.05) is 57.4 Å². The Morgan fingerprint density at radius 2 is 2.00 bits per heavy atom. The molecular formula is C24H39NO5. The monoisotopic (exact) mass is 421 g/mol. The molecule has 6 nitrogen and oxygen atoms in total. The minimum Gasteiger partial charge on any atom is -0.449 e. The molecule has 6 heteroatoms. The number of rotatable bonds is 13. The highest BCUT2D eigenvalue weighted by Crippen LogP contribution is 2.37. The highest BCUT2D eigenvalue weighted by Gasteiger charge is 2.37. The molecule has 0 aromatic rings. The van der Waals surface area contributed by atoms with E-state index in [4.69, 9.17) is 4.74 Å². The van der Waals surface area contributed by atoms with Crippen LogP contribution in [0.25, 0.3) is 0 Å². The second-order valence-electron chi connectivity index (χ2n) is 8.30. The number of ketones is 1. The number of imide groups is 1. The fourth-order valence-electron chi connectivity index (χ4n) is 3.85. The van der Waals surface area contributed by atoms with E-state index in [-0.39, 0.29) is 18.4 Å². The molecule has 0 spiro atoms. The van der Waals surface area contributed by atoms with Gasteiger partial charge in [-0.15, -0.1) is 0 Å². The number of hydrogen-bond donors (Lipinski definition) is 2. The molecule has 0 unspecified atom stereocenters. The molecule has 0 aromatic heterocycles. The molecule has 0 heterocycles. The van der Waals surface area contributed by atoms with Crippen LogP contribution in [0.1, 0.15) is 78.6 Å². The van der Waals surface area contributed by atoms with Crippen LogP contribution in [0.4, 0.5) is 4.79 Å². The summed E-state index contributed by atoms with van der Waals surface area (Å²) in [6, 6.07) is 0. The zero-order chi connectivity index (χ0) is 22.4. The van der Waals surface area contributed by atoms with Crippen LogP contribution in [0.15, 0.2) is 24.3 Å². The number of aliphatic hydroxyl groups is 1. The van der Waals surface area contributed by atoms with E-state index in [2.05, 4.69) is 37.4 Å². The zero-order valence-corrected chi connectivity index (χ0v) is 18.8. The molecule has 0 radical (unpaired) electrons. The molecule has 30 heavy (non-hydrogen) atoms.